The van der Waals surface area contributed by atoms with Gasteiger partial charge in [0, 0.05) is 36.3 Å². The summed E-state index contributed by atoms with van der Waals surface area (Å²) in [4.78, 5) is 29.3. The van der Waals surface area contributed by atoms with Gasteiger partial charge in [-0.05, 0) is 29.8 Å². The second kappa shape index (κ2) is 10.1. The highest BCUT2D eigenvalue weighted by Crippen LogP contribution is 2.30. The third-order valence-corrected chi connectivity index (χ3v) is 5.86. The maximum atomic E-state index is 13.9. The van der Waals surface area contributed by atoms with Gasteiger partial charge in [0.2, 0.25) is 11.6 Å². The Labute approximate surface area is 220 Å². The van der Waals surface area contributed by atoms with E-state index in [1.165, 1.54) is 23.1 Å². The van der Waals surface area contributed by atoms with Crippen molar-refractivity contribution in [2.45, 2.75) is 19.4 Å². The molecule has 1 N–H and O–H groups in total. The van der Waals surface area contributed by atoms with Gasteiger partial charge in [-0.25, -0.2) is 24.6 Å². The average molecular weight is 536 g/mol. The van der Waals surface area contributed by atoms with Gasteiger partial charge in [0.15, 0.2) is 5.82 Å². The summed E-state index contributed by atoms with van der Waals surface area (Å²) in [5.41, 5.74) is 2.61. The monoisotopic (exact) mass is 535 g/mol. The Kier molecular flexibility index (Phi) is 6.68. The molecule has 38 heavy (non-hydrogen) atoms. The van der Waals surface area contributed by atoms with Crippen LogP contribution < -0.4 is 10.1 Å². The lowest BCUT2D eigenvalue weighted by atomic mass is 10.1. The number of carbonyl (C=O) groups excluding carboxylic acids is 1. The first kappa shape index (κ1) is 25.2. The standard InChI is InChI=1S/C26H20ClF2N7O2/c1-26(28,29)25-30-12-11-20(33-25)36-19-14-31-23(24(37)32-13-15-3-9-18(38-2)10-4-15)34-22(19)21(35-36)16-5-7-17(27)8-6-16/h3-12,14H,13H2,1-2H3,(H,32,37). The lowest BCUT2D eigenvalue weighted by Crippen LogP contribution is -2.25. The number of benzene rings is 2. The van der Waals surface area contributed by atoms with Gasteiger partial charge < -0.3 is 10.1 Å². The number of alkyl halides is 2. The average Bonchev–Trinajstić information content (AvgIpc) is 3.31. The predicted molar refractivity (Wildman–Crippen MR) is 136 cm³/mol. The summed E-state index contributed by atoms with van der Waals surface area (Å²) in [6, 6.07) is 15.6. The van der Waals surface area contributed by atoms with Gasteiger partial charge in [0.05, 0.1) is 13.3 Å². The Balaban J connectivity index is 1.54. The van der Waals surface area contributed by atoms with E-state index in [0.717, 1.165) is 5.56 Å². The van der Waals surface area contributed by atoms with Crippen molar-refractivity contribution in [2.24, 2.45) is 0 Å². The Morgan fingerprint density at radius 2 is 1.79 bits per heavy atom. The fourth-order valence-corrected chi connectivity index (χ4v) is 3.80. The first-order chi connectivity index (χ1) is 18.2. The number of ether oxygens (including phenoxy) is 1. The molecule has 0 unspecified atom stereocenters. The van der Waals surface area contributed by atoms with Crippen LogP contribution >= 0.6 is 11.6 Å². The van der Waals surface area contributed by atoms with Gasteiger partial charge in [-0.3, -0.25) is 4.79 Å². The van der Waals surface area contributed by atoms with E-state index in [2.05, 4.69) is 30.4 Å². The lowest BCUT2D eigenvalue weighted by Gasteiger charge is -2.10. The minimum Gasteiger partial charge on any atom is -0.497 e. The number of amides is 1. The van der Waals surface area contributed by atoms with Gasteiger partial charge in [-0.2, -0.15) is 13.9 Å². The van der Waals surface area contributed by atoms with Crippen LogP contribution in [0.4, 0.5) is 8.78 Å². The molecule has 5 rings (SSSR count). The fraction of sp³-hybridized carbons (Fsp3) is 0.154. The summed E-state index contributed by atoms with van der Waals surface area (Å²) in [6.45, 7) is 0.967. The number of hydrogen-bond donors (Lipinski definition) is 1. The minimum absolute atomic E-state index is 0.0794. The van der Waals surface area contributed by atoms with Crippen molar-refractivity contribution in [3.8, 4) is 22.8 Å². The third-order valence-electron chi connectivity index (χ3n) is 5.61. The normalized spacial score (nSPS) is 11.5. The molecule has 192 valence electrons. The zero-order valence-corrected chi connectivity index (χ0v) is 20.9. The van der Waals surface area contributed by atoms with Gasteiger partial charge >= 0.3 is 5.92 Å². The summed E-state index contributed by atoms with van der Waals surface area (Å²) in [5, 5.41) is 7.90. The van der Waals surface area contributed by atoms with E-state index >= 15 is 0 Å². The van der Waals surface area contributed by atoms with Crippen LogP contribution in [0.15, 0.2) is 67.0 Å². The van der Waals surface area contributed by atoms with Gasteiger partial charge in [-0.1, -0.05) is 35.9 Å². The van der Waals surface area contributed by atoms with E-state index in [4.69, 9.17) is 16.3 Å². The molecule has 9 nitrogen and oxygen atoms in total. The highest BCUT2D eigenvalue weighted by atomic mass is 35.5. The number of hydrogen-bond acceptors (Lipinski definition) is 7. The largest absolute Gasteiger partial charge is 0.497 e. The highest BCUT2D eigenvalue weighted by molar-refractivity contribution is 6.30. The van der Waals surface area contributed by atoms with Crippen molar-refractivity contribution >= 4 is 28.5 Å². The van der Waals surface area contributed by atoms with E-state index in [9.17, 15) is 13.6 Å². The van der Waals surface area contributed by atoms with Gasteiger partial charge in [0.1, 0.15) is 22.5 Å². The number of nitrogens with zero attached hydrogens (tertiary/aromatic N) is 6. The quantitative estimate of drug-likeness (QED) is 0.313. The SMILES string of the molecule is COc1ccc(CNC(=O)c2ncc3c(n2)c(-c2ccc(Cl)cc2)nn3-c2ccnc(C(C)(F)F)n2)cc1. The summed E-state index contributed by atoms with van der Waals surface area (Å²) in [5.74, 6) is -3.66. The molecule has 0 radical (unpaired) electrons. The number of nitrogens with one attached hydrogen (secondary N) is 1. The van der Waals surface area contributed by atoms with E-state index < -0.39 is 17.7 Å². The molecule has 0 fully saturated rings. The number of aromatic nitrogens is 6. The summed E-state index contributed by atoms with van der Waals surface area (Å²) in [6.07, 6.45) is 2.63. The number of halogens is 3. The van der Waals surface area contributed by atoms with Crippen molar-refractivity contribution in [3.63, 3.8) is 0 Å². The number of methoxy groups -OCH3 is 1. The second-order valence-electron chi connectivity index (χ2n) is 8.35. The van der Waals surface area contributed by atoms with Crippen molar-refractivity contribution in [1.29, 1.82) is 0 Å². The molecular weight excluding hydrogens is 516 g/mol. The number of fused-ring (bicyclic) bond motifs is 1. The van der Waals surface area contributed by atoms with E-state index in [0.29, 0.717) is 40.0 Å². The number of carbonyl (C=O) groups is 1. The molecule has 0 saturated heterocycles. The topological polar surface area (TPSA) is 108 Å². The molecule has 3 heterocycles. The zero-order valence-electron chi connectivity index (χ0n) is 20.2. The van der Waals surface area contributed by atoms with E-state index in [1.54, 1.807) is 43.5 Å². The van der Waals surface area contributed by atoms with Crippen LogP contribution in [0.1, 0.15) is 28.9 Å². The second-order valence-corrected chi connectivity index (χ2v) is 8.79. The van der Waals surface area contributed by atoms with Crippen LogP contribution in [-0.4, -0.2) is 42.7 Å². The smallest absolute Gasteiger partial charge is 0.303 e. The molecule has 5 aromatic rings. The molecular formula is C26H20ClF2N7O2. The molecule has 0 bridgehead atoms. The molecule has 2 aromatic carbocycles. The molecule has 0 aliphatic heterocycles. The Hall–Kier alpha value is -4.51. The van der Waals surface area contributed by atoms with Gasteiger partial charge in [-0.15, -0.1) is 0 Å². The maximum absolute atomic E-state index is 13.9. The van der Waals surface area contributed by atoms with Crippen molar-refractivity contribution in [3.05, 3.63) is 89.2 Å². The van der Waals surface area contributed by atoms with Crippen LogP contribution in [0, 0.1) is 0 Å². The first-order valence-corrected chi connectivity index (χ1v) is 11.8. The van der Waals surface area contributed by atoms with Gasteiger partial charge in [0.25, 0.3) is 5.91 Å². The van der Waals surface area contributed by atoms with Crippen LogP contribution in [0.5, 0.6) is 5.75 Å². The molecule has 3 aromatic heterocycles. The van der Waals surface area contributed by atoms with E-state index in [-0.39, 0.29) is 18.2 Å². The summed E-state index contributed by atoms with van der Waals surface area (Å²) >= 11 is 6.05. The number of rotatable bonds is 7. The van der Waals surface area contributed by atoms with Crippen molar-refractivity contribution < 1.29 is 18.3 Å². The first-order valence-electron chi connectivity index (χ1n) is 11.4. The molecule has 0 aliphatic rings. The van der Waals surface area contributed by atoms with Crippen LogP contribution in [0.2, 0.25) is 5.02 Å². The van der Waals surface area contributed by atoms with Crippen LogP contribution in [-0.2, 0) is 12.5 Å². The summed E-state index contributed by atoms with van der Waals surface area (Å²) in [7, 11) is 1.58. The Morgan fingerprint density at radius 3 is 2.47 bits per heavy atom. The fourth-order valence-electron chi connectivity index (χ4n) is 3.68. The lowest BCUT2D eigenvalue weighted by molar-refractivity contribution is 0.00763. The molecule has 0 spiro atoms. The zero-order chi connectivity index (χ0) is 26.9. The van der Waals surface area contributed by atoms with Crippen molar-refractivity contribution in [2.75, 3.05) is 7.11 Å². The Bertz CT molecular complexity index is 1620. The maximum Gasteiger partial charge on any atom is 0.303 e. The van der Waals surface area contributed by atoms with Crippen LogP contribution in [0.3, 0.4) is 0 Å². The molecule has 0 saturated carbocycles. The molecule has 0 aliphatic carbocycles. The molecule has 0 atom stereocenters. The predicted octanol–water partition coefficient (Wildman–Crippen LogP) is 4.98. The van der Waals surface area contributed by atoms with Crippen LogP contribution in [0.25, 0.3) is 28.1 Å². The molecule has 12 heteroatoms. The van der Waals surface area contributed by atoms with Crippen molar-refractivity contribution in [1.82, 2.24) is 35.0 Å². The van der Waals surface area contributed by atoms with E-state index in [1.807, 2.05) is 12.1 Å². The summed E-state index contributed by atoms with van der Waals surface area (Å²) < 4.78 is 34.3. The molecule has 1 amide bonds. The minimum atomic E-state index is -3.25. The third kappa shape index (κ3) is 5.14. The Morgan fingerprint density at radius 1 is 1.05 bits per heavy atom. The highest BCUT2D eigenvalue weighted by Gasteiger charge is 2.29.